The van der Waals surface area contributed by atoms with E-state index in [2.05, 4.69) is 15.6 Å². The molecular formula is C22H19N3O4. The summed E-state index contributed by atoms with van der Waals surface area (Å²) in [6, 6.07) is 18.6. The van der Waals surface area contributed by atoms with E-state index >= 15 is 0 Å². The highest BCUT2D eigenvalue weighted by Gasteiger charge is 2.12. The van der Waals surface area contributed by atoms with Crippen molar-refractivity contribution in [3.63, 3.8) is 0 Å². The molecule has 0 aliphatic heterocycles. The van der Waals surface area contributed by atoms with Gasteiger partial charge in [0.15, 0.2) is 0 Å². The Morgan fingerprint density at radius 2 is 1.72 bits per heavy atom. The third-order valence-electron chi connectivity index (χ3n) is 3.96. The molecule has 1 aromatic heterocycles. The standard InChI is InChI=1S/C22H19N3O4/c1-15(26)29-18-9-6-8-16(13-18)21(27)25-19-10-3-2-7-17(19)14-24-22(28)20-11-4-5-12-23-20/h2-13H,14H2,1H3,(H,24,28)(H,25,27). The average Bonchev–Trinajstić information content (AvgIpc) is 2.73. The van der Waals surface area contributed by atoms with E-state index < -0.39 is 5.97 Å². The van der Waals surface area contributed by atoms with Gasteiger partial charge >= 0.3 is 5.97 Å². The van der Waals surface area contributed by atoms with Gasteiger partial charge in [0, 0.05) is 30.9 Å². The SMILES string of the molecule is CC(=O)Oc1cccc(C(=O)Nc2ccccc2CNC(=O)c2ccccn2)c1. The van der Waals surface area contributed by atoms with Crippen LogP contribution in [-0.4, -0.2) is 22.8 Å². The van der Waals surface area contributed by atoms with Crippen LogP contribution in [0.5, 0.6) is 5.75 Å². The highest BCUT2D eigenvalue weighted by atomic mass is 16.5. The molecule has 0 radical (unpaired) electrons. The molecular weight excluding hydrogens is 370 g/mol. The Bertz CT molecular complexity index is 1030. The number of anilines is 1. The van der Waals surface area contributed by atoms with E-state index in [9.17, 15) is 14.4 Å². The number of esters is 1. The highest BCUT2D eigenvalue weighted by Crippen LogP contribution is 2.18. The highest BCUT2D eigenvalue weighted by molar-refractivity contribution is 6.05. The normalized spacial score (nSPS) is 10.1. The van der Waals surface area contributed by atoms with E-state index in [1.54, 1.807) is 54.7 Å². The van der Waals surface area contributed by atoms with Crippen molar-refractivity contribution in [3.8, 4) is 5.75 Å². The number of nitrogens with zero attached hydrogens (tertiary/aromatic N) is 1. The van der Waals surface area contributed by atoms with Crippen molar-refractivity contribution < 1.29 is 19.1 Å². The summed E-state index contributed by atoms with van der Waals surface area (Å²) in [5.41, 5.74) is 1.96. The van der Waals surface area contributed by atoms with E-state index in [1.165, 1.54) is 13.0 Å². The summed E-state index contributed by atoms with van der Waals surface area (Å²) in [7, 11) is 0. The minimum atomic E-state index is -0.462. The zero-order chi connectivity index (χ0) is 20.6. The molecule has 7 nitrogen and oxygen atoms in total. The van der Waals surface area contributed by atoms with Crippen LogP contribution in [0.2, 0.25) is 0 Å². The topological polar surface area (TPSA) is 97.4 Å². The Hall–Kier alpha value is -4.00. The molecule has 3 rings (SSSR count). The predicted molar refractivity (Wildman–Crippen MR) is 108 cm³/mol. The van der Waals surface area contributed by atoms with Gasteiger partial charge in [-0.05, 0) is 42.0 Å². The molecule has 3 aromatic rings. The number of aromatic nitrogens is 1. The number of ether oxygens (including phenoxy) is 1. The second-order valence-electron chi connectivity index (χ2n) is 6.13. The van der Waals surface area contributed by atoms with Crippen LogP contribution in [0.4, 0.5) is 5.69 Å². The second kappa shape index (κ2) is 9.27. The van der Waals surface area contributed by atoms with Gasteiger partial charge in [-0.1, -0.05) is 30.3 Å². The number of pyridine rings is 1. The Morgan fingerprint density at radius 3 is 2.48 bits per heavy atom. The third kappa shape index (κ3) is 5.49. The maximum atomic E-state index is 12.6. The van der Waals surface area contributed by atoms with Crippen molar-refractivity contribution in [3.05, 3.63) is 89.7 Å². The van der Waals surface area contributed by atoms with Gasteiger partial charge in [0.2, 0.25) is 0 Å². The average molecular weight is 389 g/mol. The zero-order valence-corrected chi connectivity index (χ0v) is 15.7. The molecule has 0 saturated heterocycles. The molecule has 0 spiro atoms. The van der Waals surface area contributed by atoms with Crippen LogP contribution < -0.4 is 15.4 Å². The molecule has 0 unspecified atom stereocenters. The Morgan fingerprint density at radius 1 is 0.931 bits per heavy atom. The molecule has 2 N–H and O–H groups in total. The van der Waals surface area contributed by atoms with Crippen LogP contribution in [0.3, 0.4) is 0 Å². The van der Waals surface area contributed by atoms with Crippen LogP contribution >= 0.6 is 0 Å². The minimum Gasteiger partial charge on any atom is -0.427 e. The maximum absolute atomic E-state index is 12.6. The fourth-order valence-electron chi connectivity index (χ4n) is 2.62. The first-order chi connectivity index (χ1) is 14.0. The van der Waals surface area contributed by atoms with Crippen LogP contribution in [-0.2, 0) is 11.3 Å². The number of para-hydroxylation sites is 1. The number of rotatable bonds is 6. The summed E-state index contributed by atoms with van der Waals surface area (Å²) in [4.78, 5) is 39.9. The summed E-state index contributed by atoms with van der Waals surface area (Å²) in [5, 5.41) is 5.61. The Balaban J connectivity index is 1.70. The van der Waals surface area contributed by atoms with Crippen molar-refractivity contribution in [2.24, 2.45) is 0 Å². The van der Waals surface area contributed by atoms with E-state index in [0.717, 1.165) is 5.56 Å². The van der Waals surface area contributed by atoms with Crippen molar-refractivity contribution in [1.29, 1.82) is 0 Å². The molecule has 2 amide bonds. The monoisotopic (exact) mass is 389 g/mol. The summed E-state index contributed by atoms with van der Waals surface area (Å²) < 4.78 is 5.01. The largest absolute Gasteiger partial charge is 0.427 e. The number of hydrogen-bond acceptors (Lipinski definition) is 5. The van der Waals surface area contributed by atoms with Gasteiger partial charge in [0.1, 0.15) is 11.4 Å². The van der Waals surface area contributed by atoms with Gasteiger partial charge in [0.25, 0.3) is 11.8 Å². The molecule has 7 heteroatoms. The Kier molecular flexibility index (Phi) is 6.32. The van der Waals surface area contributed by atoms with Gasteiger partial charge in [-0.2, -0.15) is 0 Å². The summed E-state index contributed by atoms with van der Waals surface area (Å²) in [5.74, 6) is -0.832. The quantitative estimate of drug-likeness (QED) is 0.498. The lowest BCUT2D eigenvalue weighted by atomic mass is 10.1. The number of amides is 2. The molecule has 146 valence electrons. The van der Waals surface area contributed by atoms with Gasteiger partial charge in [-0.3, -0.25) is 19.4 Å². The van der Waals surface area contributed by atoms with Crippen LogP contribution in [0.15, 0.2) is 72.9 Å². The van der Waals surface area contributed by atoms with Crippen LogP contribution in [0.1, 0.15) is 33.3 Å². The van der Waals surface area contributed by atoms with Crippen molar-refractivity contribution in [2.45, 2.75) is 13.5 Å². The van der Waals surface area contributed by atoms with Gasteiger partial charge < -0.3 is 15.4 Å². The van der Waals surface area contributed by atoms with Gasteiger partial charge in [-0.15, -0.1) is 0 Å². The molecule has 0 bridgehead atoms. The fraction of sp³-hybridized carbons (Fsp3) is 0.0909. The molecule has 0 fully saturated rings. The van der Waals surface area contributed by atoms with Crippen molar-refractivity contribution in [2.75, 3.05) is 5.32 Å². The predicted octanol–water partition coefficient (Wildman–Crippen LogP) is 3.19. The van der Waals surface area contributed by atoms with Gasteiger partial charge in [-0.25, -0.2) is 0 Å². The summed E-state index contributed by atoms with van der Waals surface area (Å²) in [6.07, 6.45) is 1.55. The van der Waals surface area contributed by atoms with Gasteiger partial charge in [0.05, 0.1) is 0 Å². The fourth-order valence-corrected chi connectivity index (χ4v) is 2.62. The van der Waals surface area contributed by atoms with E-state index in [1.807, 2.05) is 12.1 Å². The molecule has 2 aromatic carbocycles. The number of carbonyl (C=O) groups is 3. The number of hydrogen-bond donors (Lipinski definition) is 2. The van der Waals surface area contributed by atoms with E-state index in [4.69, 9.17) is 4.74 Å². The third-order valence-corrected chi connectivity index (χ3v) is 3.96. The minimum absolute atomic E-state index is 0.222. The first-order valence-corrected chi connectivity index (χ1v) is 8.90. The number of carbonyl (C=O) groups excluding carboxylic acids is 3. The smallest absolute Gasteiger partial charge is 0.308 e. The lowest BCUT2D eigenvalue weighted by molar-refractivity contribution is -0.131. The molecule has 1 heterocycles. The summed E-state index contributed by atoms with van der Waals surface area (Å²) in [6.45, 7) is 1.52. The molecule has 0 aliphatic carbocycles. The summed E-state index contributed by atoms with van der Waals surface area (Å²) >= 11 is 0. The Labute approximate surface area is 167 Å². The van der Waals surface area contributed by atoms with E-state index in [-0.39, 0.29) is 18.4 Å². The van der Waals surface area contributed by atoms with Crippen LogP contribution in [0, 0.1) is 0 Å². The van der Waals surface area contributed by atoms with E-state index in [0.29, 0.717) is 22.7 Å². The second-order valence-corrected chi connectivity index (χ2v) is 6.13. The first-order valence-electron chi connectivity index (χ1n) is 8.90. The lowest BCUT2D eigenvalue weighted by Gasteiger charge is -2.12. The molecule has 0 atom stereocenters. The van der Waals surface area contributed by atoms with Crippen molar-refractivity contribution in [1.82, 2.24) is 10.3 Å². The number of benzene rings is 2. The zero-order valence-electron chi connectivity index (χ0n) is 15.7. The molecule has 29 heavy (non-hydrogen) atoms. The van der Waals surface area contributed by atoms with Crippen LogP contribution in [0.25, 0.3) is 0 Å². The van der Waals surface area contributed by atoms with Crippen molar-refractivity contribution >= 4 is 23.5 Å². The lowest BCUT2D eigenvalue weighted by Crippen LogP contribution is -2.24. The number of nitrogens with one attached hydrogen (secondary N) is 2. The molecule has 0 aliphatic rings. The maximum Gasteiger partial charge on any atom is 0.308 e. The first kappa shape index (κ1) is 19.8. The molecule has 0 saturated carbocycles.